The first-order valence-electron chi connectivity index (χ1n) is 7.22. The molecule has 20 heavy (non-hydrogen) atoms. The second-order valence-electron chi connectivity index (χ2n) is 5.83. The van der Waals surface area contributed by atoms with E-state index < -0.39 is 10.0 Å². The smallest absolute Gasteiger partial charge is 0.229 e. The molecule has 0 radical (unpaired) electrons. The Morgan fingerprint density at radius 3 is 2.60 bits per heavy atom. The molecule has 5 heteroatoms. The van der Waals surface area contributed by atoms with Crippen LogP contribution in [0.2, 0.25) is 0 Å². The first kappa shape index (κ1) is 15.2. The molecule has 2 N–H and O–H groups in total. The largest absolute Gasteiger partial charge is 0.382 e. The standard InChI is InChI=1S/C15H24N2O2S/c1-4-12-5-6-14(10-12)16-13-7-8-15(11(2)9-13)17-20(3,18)19/h7-9,12,14,16-17H,4-6,10H2,1-3H3. The van der Waals surface area contributed by atoms with Crippen LogP contribution < -0.4 is 10.0 Å². The zero-order chi connectivity index (χ0) is 14.8. The van der Waals surface area contributed by atoms with Crippen molar-refractivity contribution in [3.8, 4) is 0 Å². The van der Waals surface area contributed by atoms with Crippen LogP contribution in [-0.4, -0.2) is 20.7 Å². The highest BCUT2D eigenvalue weighted by atomic mass is 32.2. The maximum Gasteiger partial charge on any atom is 0.229 e. The normalized spacial score (nSPS) is 22.8. The van der Waals surface area contributed by atoms with E-state index in [9.17, 15) is 8.42 Å². The summed E-state index contributed by atoms with van der Waals surface area (Å²) in [7, 11) is -3.22. The van der Waals surface area contributed by atoms with Crippen LogP contribution in [0.5, 0.6) is 0 Å². The highest BCUT2D eigenvalue weighted by molar-refractivity contribution is 7.92. The molecular weight excluding hydrogens is 272 g/mol. The number of hydrogen-bond acceptors (Lipinski definition) is 3. The molecule has 1 fully saturated rings. The van der Waals surface area contributed by atoms with Gasteiger partial charge in [-0.1, -0.05) is 13.3 Å². The van der Waals surface area contributed by atoms with Crippen LogP contribution in [-0.2, 0) is 10.0 Å². The van der Waals surface area contributed by atoms with E-state index in [-0.39, 0.29) is 0 Å². The molecule has 1 aromatic carbocycles. The van der Waals surface area contributed by atoms with E-state index in [1.807, 2.05) is 25.1 Å². The van der Waals surface area contributed by atoms with Crippen LogP contribution in [0.4, 0.5) is 11.4 Å². The van der Waals surface area contributed by atoms with Crippen molar-refractivity contribution >= 4 is 21.4 Å². The van der Waals surface area contributed by atoms with Gasteiger partial charge in [0.05, 0.1) is 11.9 Å². The Labute approximate surface area is 122 Å². The molecule has 0 saturated heterocycles. The summed E-state index contributed by atoms with van der Waals surface area (Å²) in [5, 5.41) is 3.56. The molecule has 0 aliphatic heterocycles. The summed E-state index contributed by atoms with van der Waals surface area (Å²) in [5.74, 6) is 0.847. The van der Waals surface area contributed by atoms with Crippen molar-refractivity contribution in [3.05, 3.63) is 23.8 Å². The van der Waals surface area contributed by atoms with Crippen molar-refractivity contribution in [3.63, 3.8) is 0 Å². The third-order valence-electron chi connectivity index (χ3n) is 4.01. The summed E-state index contributed by atoms with van der Waals surface area (Å²) >= 11 is 0. The molecule has 0 heterocycles. The van der Waals surface area contributed by atoms with Crippen LogP contribution in [0.3, 0.4) is 0 Å². The van der Waals surface area contributed by atoms with E-state index in [1.165, 1.54) is 31.9 Å². The minimum absolute atomic E-state index is 0.549. The molecule has 1 saturated carbocycles. The van der Waals surface area contributed by atoms with E-state index >= 15 is 0 Å². The summed E-state index contributed by atoms with van der Waals surface area (Å²) in [5.41, 5.74) is 2.66. The fourth-order valence-electron chi connectivity index (χ4n) is 2.88. The highest BCUT2D eigenvalue weighted by Crippen LogP contribution is 2.31. The predicted molar refractivity (Wildman–Crippen MR) is 84.7 cm³/mol. The zero-order valence-corrected chi connectivity index (χ0v) is 13.3. The van der Waals surface area contributed by atoms with Gasteiger partial charge < -0.3 is 5.32 Å². The topological polar surface area (TPSA) is 58.2 Å². The van der Waals surface area contributed by atoms with E-state index in [0.717, 1.165) is 17.2 Å². The lowest BCUT2D eigenvalue weighted by atomic mass is 10.1. The molecule has 2 unspecified atom stereocenters. The van der Waals surface area contributed by atoms with Gasteiger partial charge in [0.2, 0.25) is 10.0 Å². The van der Waals surface area contributed by atoms with Crippen molar-refractivity contribution in [2.45, 2.75) is 45.6 Å². The quantitative estimate of drug-likeness (QED) is 0.876. The van der Waals surface area contributed by atoms with Gasteiger partial charge in [-0.05, 0) is 55.9 Å². The Balaban J connectivity index is 2.02. The van der Waals surface area contributed by atoms with Crippen molar-refractivity contribution in [1.82, 2.24) is 0 Å². The molecule has 4 nitrogen and oxygen atoms in total. The number of benzene rings is 1. The second kappa shape index (κ2) is 6.04. The Morgan fingerprint density at radius 1 is 1.30 bits per heavy atom. The maximum absolute atomic E-state index is 11.3. The summed E-state index contributed by atoms with van der Waals surface area (Å²) in [6.07, 6.45) is 6.19. The number of hydrogen-bond donors (Lipinski definition) is 2. The summed E-state index contributed by atoms with van der Waals surface area (Å²) < 4.78 is 25.0. The van der Waals surface area contributed by atoms with Gasteiger partial charge >= 0.3 is 0 Å². The molecule has 0 bridgehead atoms. The average Bonchev–Trinajstić information content (AvgIpc) is 2.79. The number of sulfonamides is 1. The second-order valence-corrected chi connectivity index (χ2v) is 7.58. The van der Waals surface area contributed by atoms with Crippen LogP contribution >= 0.6 is 0 Å². The van der Waals surface area contributed by atoms with Gasteiger partial charge in [-0.2, -0.15) is 0 Å². The molecular formula is C15H24N2O2S. The number of nitrogens with one attached hydrogen (secondary N) is 2. The molecule has 0 spiro atoms. The summed E-state index contributed by atoms with van der Waals surface area (Å²) in [6, 6.07) is 6.32. The summed E-state index contributed by atoms with van der Waals surface area (Å²) in [6.45, 7) is 4.17. The molecule has 0 amide bonds. The Bertz CT molecular complexity index is 569. The van der Waals surface area contributed by atoms with E-state index in [0.29, 0.717) is 11.7 Å². The van der Waals surface area contributed by atoms with Crippen molar-refractivity contribution in [2.75, 3.05) is 16.3 Å². The van der Waals surface area contributed by atoms with Crippen LogP contribution in [0.15, 0.2) is 18.2 Å². The maximum atomic E-state index is 11.3. The monoisotopic (exact) mass is 296 g/mol. The fourth-order valence-corrected chi connectivity index (χ4v) is 3.51. The Morgan fingerprint density at radius 2 is 2.05 bits per heavy atom. The molecule has 2 rings (SSSR count). The zero-order valence-electron chi connectivity index (χ0n) is 12.4. The lowest BCUT2D eigenvalue weighted by molar-refractivity contribution is 0.525. The lowest BCUT2D eigenvalue weighted by Crippen LogP contribution is -2.16. The number of aryl methyl sites for hydroxylation is 1. The van der Waals surface area contributed by atoms with Gasteiger partial charge in [0, 0.05) is 11.7 Å². The van der Waals surface area contributed by atoms with Crippen molar-refractivity contribution in [2.24, 2.45) is 5.92 Å². The van der Waals surface area contributed by atoms with Crippen molar-refractivity contribution in [1.29, 1.82) is 0 Å². The van der Waals surface area contributed by atoms with Gasteiger partial charge in [0.15, 0.2) is 0 Å². The van der Waals surface area contributed by atoms with Crippen LogP contribution in [0.25, 0.3) is 0 Å². The highest BCUT2D eigenvalue weighted by Gasteiger charge is 2.23. The van der Waals surface area contributed by atoms with Crippen LogP contribution in [0, 0.1) is 12.8 Å². The van der Waals surface area contributed by atoms with Crippen molar-refractivity contribution < 1.29 is 8.42 Å². The first-order chi connectivity index (χ1) is 9.37. The molecule has 0 aromatic heterocycles. The SMILES string of the molecule is CCC1CCC(Nc2ccc(NS(C)(=O)=O)c(C)c2)C1. The van der Waals surface area contributed by atoms with Gasteiger partial charge in [0.25, 0.3) is 0 Å². The van der Waals surface area contributed by atoms with Gasteiger partial charge in [-0.25, -0.2) is 8.42 Å². The minimum atomic E-state index is -3.22. The van der Waals surface area contributed by atoms with Gasteiger partial charge in [-0.3, -0.25) is 4.72 Å². The average molecular weight is 296 g/mol. The molecule has 2 atom stereocenters. The van der Waals surface area contributed by atoms with E-state index in [1.54, 1.807) is 0 Å². The molecule has 112 valence electrons. The lowest BCUT2D eigenvalue weighted by Gasteiger charge is -2.16. The van der Waals surface area contributed by atoms with Gasteiger partial charge in [0.1, 0.15) is 0 Å². The molecule has 1 aliphatic carbocycles. The first-order valence-corrected chi connectivity index (χ1v) is 9.11. The minimum Gasteiger partial charge on any atom is -0.382 e. The predicted octanol–water partition coefficient (Wildman–Crippen LogP) is 3.36. The third kappa shape index (κ3) is 4.13. The summed E-state index contributed by atoms with van der Waals surface area (Å²) in [4.78, 5) is 0. The molecule has 1 aliphatic rings. The van der Waals surface area contributed by atoms with Gasteiger partial charge in [-0.15, -0.1) is 0 Å². The third-order valence-corrected chi connectivity index (χ3v) is 4.60. The van der Waals surface area contributed by atoms with Crippen LogP contribution in [0.1, 0.15) is 38.2 Å². The van der Waals surface area contributed by atoms with E-state index in [2.05, 4.69) is 17.0 Å². The number of rotatable bonds is 5. The molecule has 1 aromatic rings. The van der Waals surface area contributed by atoms with E-state index in [4.69, 9.17) is 0 Å². The number of anilines is 2. The Kier molecular flexibility index (Phi) is 4.58. The Hall–Kier alpha value is -1.23. The fraction of sp³-hybridized carbons (Fsp3) is 0.600.